The monoisotopic (exact) mass is 327 g/mol. The van der Waals surface area contributed by atoms with Gasteiger partial charge in [-0.05, 0) is 32.9 Å². The number of furan rings is 1. The van der Waals surface area contributed by atoms with Crippen LogP contribution in [-0.4, -0.2) is 26.5 Å². The minimum atomic E-state index is -1.03. The van der Waals surface area contributed by atoms with Gasteiger partial charge in [-0.2, -0.15) is 5.10 Å². The van der Waals surface area contributed by atoms with Gasteiger partial charge in [0.05, 0.1) is 11.7 Å². The van der Waals surface area contributed by atoms with Gasteiger partial charge in [-0.15, -0.1) is 0 Å². The predicted octanol–water partition coefficient (Wildman–Crippen LogP) is 3.48. The van der Waals surface area contributed by atoms with Crippen molar-refractivity contribution in [2.24, 2.45) is 0 Å². The highest BCUT2D eigenvalue weighted by atomic mass is 16.7. The maximum atomic E-state index is 6.42. The highest BCUT2D eigenvalue weighted by Gasteiger charge is 2.49. The molecule has 2 atom stereocenters. The number of benzene rings is 1. The molecule has 1 aliphatic heterocycles. The van der Waals surface area contributed by atoms with Crippen molar-refractivity contribution in [2.45, 2.75) is 51.2 Å². The van der Waals surface area contributed by atoms with E-state index >= 15 is 0 Å². The van der Waals surface area contributed by atoms with Crippen LogP contribution in [0.3, 0.4) is 0 Å². The molecule has 0 radical (unpaired) electrons. The number of rotatable bonds is 3. The molecule has 1 saturated heterocycles. The van der Waals surface area contributed by atoms with Crippen molar-refractivity contribution < 1.29 is 13.9 Å². The highest BCUT2D eigenvalue weighted by Crippen LogP contribution is 2.43. The zero-order valence-corrected chi connectivity index (χ0v) is 14.1. The molecule has 0 N–H and O–H groups in total. The van der Waals surface area contributed by atoms with E-state index in [1.54, 1.807) is 11.0 Å². The Kier molecular flexibility index (Phi) is 3.47. The fraction of sp³-hybridized carbons (Fsp3) is 0.444. The molecule has 24 heavy (non-hydrogen) atoms. The maximum absolute atomic E-state index is 6.42. The fourth-order valence-corrected chi connectivity index (χ4v) is 3.52. The summed E-state index contributed by atoms with van der Waals surface area (Å²) in [7, 11) is 0. The quantitative estimate of drug-likeness (QED) is 0.737. The largest absolute Gasteiger partial charge is 0.455 e. The molecule has 126 valence electrons. The molecule has 0 spiro atoms. The lowest BCUT2D eigenvalue weighted by Gasteiger charge is -2.46. The van der Waals surface area contributed by atoms with Gasteiger partial charge in [0.25, 0.3) is 0 Å². The van der Waals surface area contributed by atoms with Gasteiger partial charge in [0.2, 0.25) is 5.79 Å². The van der Waals surface area contributed by atoms with Gasteiger partial charge < -0.3 is 13.9 Å². The number of hydrogen-bond acceptors (Lipinski definition) is 5. The molecular weight excluding hydrogens is 306 g/mol. The Labute approximate surface area is 140 Å². The Hall–Kier alpha value is -2.18. The Morgan fingerprint density at radius 2 is 2.12 bits per heavy atom. The first-order valence-electron chi connectivity index (χ1n) is 8.15. The van der Waals surface area contributed by atoms with Crippen molar-refractivity contribution in [3.63, 3.8) is 0 Å². The number of fused-ring (bicyclic) bond motifs is 1. The second-order valence-electron chi connectivity index (χ2n) is 6.99. The van der Waals surface area contributed by atoms with Crippen LogP contribution in [0.5, 0.6) is 0 Å². The van der Waals surface area contributed by atoms with E-state index in [0.717, 1.165) is 17.4 Å². The van der Waals surface area contributed by atoms with Crippen LogP contribution in [0.2, 0.25) is 0 Å². The van der Waals surface area contributed by atoms with Gasteiger partial charge in [-0.3, -0.25) is 0 Å². The normalized spacial score (nSPS) is 26.7. The van der Waals surface area contributed by atoms with Gasteiger partial charge in [0, 0.05) is 11.8 Å². The zero-order valence-electron chi connectivity index (χ0n) is 14.1. The molecule has 6 nitrogen and oxygen atoms in total. The average Bonchev–Trinajstić information content (AvgIpc) is 3.13. The molecule has 1 fully saturated rings. The van der Waals surface area contributed by atoms with Crippen LogP contribution in [0.4, 0.5) is 0 Å². The molecule has 6 heteroatoms. The highest BCUT2D eigenvalue weighted by molar-refractivity contribution is 5.77. The molecule has 3 heterocycles. The second kappa shape index (κ2) is 5.43. The van der Waals surface area contributed by atoms with E-state index in [-0.39, 0.29) is 11.7 Å². The lowest BCUT2D eigenvalue weighted by atomic mass is 9.97. The summed E-state index contributed by atoms with van der Waals surface area (Å²) in [6, 6.07) is 9.89. The summed E-state index contributed by atoms with van der Waals surface area (Å²) >= 11 is 0. The topological polar surface area (TPSA) is 62.3 Å². The van der Waals surface area contributed by atoms with Crippen molar-refractivity contribution in [1.82, 2.24) is 14.8 Å². The lowest BCUT2D eigenvalue weighted by Crippen LogP contribution is -2.52. The summed E-state index contributed by atoms with van der Waals surface area (Å²) in [5, 5.41) is 5.23. The summed E-state index contributed by atoms with van der Waals surface area (Å²) in [6.45, 7) is 6.58. The molecule has 0 saturated carbocycles. The molecule has 0 amide bonds. The van der Waals surface area contributed by atoms with E-state index < -0.39 is 5.79 Å². The van der Waals surface area contributed by atoms with E-state index in [4.69, 9.17) is 13.9 Å². The molecule has 1 aromatic carbocycles. The lowest BCUT2D eigenvalue weighted by molar-refractivity contribution is -0.361. The van der Waals surface area contributed by atoms with Crippen molar-refractivity contribution in [3.05, 3.63) is 48.7 Å². The third kappa shape index (κ3) is 2.72. The van der Waals surface area contributed by atoms with Gasteiger partial charge in [0.15, 0.2) is 5.76 Å². The van der Waals surface area contributed by atoms with E-state index in [1.165, 1.54) is 6.33 Å². The van der Waals surface area contributed by atoms with Crippen LogP contribution >= 0.6 is 0 Å². The number of aromatic nitrogens is 3. The first-order valence-corrected chi connectivity index (χ1v) is 8.15. The maximum Gasteiger partial charge on any atom is 0.249 e. The molecule has 3 aromatic rings. The molecule has 4 rings (SSSR count). The van der Waals surface area contributed by atoms with Gasteiger partial charge in [-0.25, -0.2) is 9.67 Å². The molecule has 0 bridgehead atoms. The number of para-hydroxylation sites is 1. The van der Waals surface area contributed by atoms with Crippen LogP contribution in [0, 0.1) is 0 Å². The number of hydrogen-bond donors (Lipinski definition) is 0. The van der Waals surface area contributed by atoms with Crippen LogP contribution in [0.15, 0.2) is 47.4 Å². The fourth-order valence-electron chi connectivity index (χ4n) is 3.52. The minimum absolute atomic E-state index is 0.0329. The summed E-state index contributed by atoms with van der Waals surface area (Å²) in [4.78, 5) is 4.02. The van der Waals surface area contributed by atoms with Crippen molar-refractivity contribution in [1.29, 1.82) is 0 Å². The molecule has 2 aromatic heterocycles. The minimum Gasteiger partial charge on any atom is -0.455 e. The SMILES string of the molecule is CC1CC(C)(C)OC(Cn2cncn2)(c2cc3ccccc3o2)O1. The second-order valence-corrected chi connectivity index (χ2v) is 6.99. The molecule has 2 unspecified atom stereocenters. The van der Waals surface area contributed by atoms with E-state index in [9.17, 15) is 0 Å². The first kappa shape index (κ1) is 15.4. The van der Waals surface area contributed by atoms with Gasteiger partial charge in [-0.1, -0.05) is 18.2 Å². The van der Waals surface area contributed by atoms with Gasteiger partial charge in [0.1, 0.15) is 24.8 Å². The Morgan fingerprint density at radius 3 is 2.83 bits per heavy atom. The Morgan fingerprint density at radius 1 is 1.29 bits per heavy atom. The number of nitrogens with zero attached hydrogens (tertiary/aromatic N) is 3. The van der Waals surface area contributed by atoms with Crippen molar-refractivity contribution in [3.8, 4) is 0 Å². The van der Waals surface area contributed by atoms with Crippen molar-refractivity contribution in [2.75, 3.05) is 0 Å². The zero-order chi connectivity index (χ0) is 16.8. The third-order valence-electron chi connectivity index (χ3n) is 4.25. The van der Waals surface area contributed by atoms with Crippen LogP contribution in [-0.2, 0) is 21.8 Å². The van der Waals surface area contributed by atoms with E-state index in [1.807, 2.05) is 30.3 Å². The average molecular weight is 327 g/mol. The molecule has 0 aliphatic carbocycles. The summed E-state index contributed by atoms with van der Waals surface area (Å²) in [6.07, 6.45) is 4.00. The third-order valence-corrected chi connectivity index (χ3v) is 4.25. The Balaban J connectivity index is 1.83. The molecular formula is C18H21N3O3. The van der Waals surface area contributed by atoms with E-state index in [2.05, 4.69) is 30.9 Å². The predicted molar refractivity (Wildman–Crippen MR) is 88.2 cm³/mol. The molecule has 1 aliphatic rings. The van der Waals surface area contributed by atoms with E-state index in [0.29, 0.717) is 12.3 Å². The van der Waals surface area contributed by atoms with Crippen LogP contribution in [0.1, 0.15) is 33.0 Å². The van der Waals surface area contributed by atoms with Crippen LogP contribution in [0.25, 0.3) is 11.0 Å². The standard InChI is InChI=1S/C18H21N3O3/c1-13-9-17(2,3)24-18(23-13,10-21-12-19-11-20-21)16-8-14-6-4-5-7-15(14)22-16/h4-8,11-13H,9-10H2,1-3H3. The summed E-state index contributed by atoms with van der Waals surface area (Å²) in [5.74, 6) is -0.382. The summed E-state index contributed by atoms with van der Waals surface area (Å²) in [5.41, 5.74) is 0.478. The Bertz CT molecular complexity index is 807. The van der Waals surface area contributed by atoms with Crippen LogP contribution < -0.4 is 0 Å². The summed E-state index contributed by atoms with van der Waals surface area (Å²) < 4.78 is 20.5. The smallest absolute Gasteiger partial charge is 0.249 e. The number of ether oxygens (including phenoxy) is 2. The van der Waals surface area contributed by atoms with Gasteiger partial charge >= 0.3 is 0 Å². The first-order chi connectivity index (χ1) is 11.5. The van der Waals surface area contributed by atoms with Crippen molar-refractivity contribution >= 4 is 11.0 Å².